The second-order valence-corrected chi connectivity index (χ2v) is 4.34. The Hall–Kier alpha value is -1.42. The zero-order valence-electron chi connectivity index (χ0n) is 11.3. The number of ketones is 1. The van der Waals surface area contributed by atoms with Crippen LogP contribution in [0.15, 0.2) is 18.3 Å². The number of hydrogen-bond acceptors (Lipinski definition) is 4. The first-order chi connectivity index (χ1) is 8.61. The van der Waals surface area contributed by atoms with Crippen molar-refractivity contribution in [1.82, 2.24) is 4.98 Å². The number of hydrogen-bond donors (Lipinski definition) is 0. The normalized spacial score (nSPS) is 10.7. The van der Waals surface area contributed by atoms with E-state index in [2.05, 4.69) is 4.98 Å². The second-order valence-electron chi connectivity index (χ2n) is 4.34. The zero-order chi connectivity index (χ0) is 13.4. The summed E-state index contributed by atoms with van der Waals surface area (Å²) in [5, 5.41) is 0. The van der Waals surface area contributed by atoms with Crippen LogP contribution in [0.5, 0.6) is 5.75 Å². The molecule has 1 aromatic heterocycles. The predicted octanol–water partition coefficient (Wildman–Crippen LogP) is 2.41. The number of carbonyl (C=O) groups is 1. The van der Waals surface area contributed by atoms with Crippen molar-refractivity contribution in [3.8, 4) is 5.75 Å². The number of aromatic nitrogens is 1. The van der Waals surface area contributed by atoms with Gasteiger partial charge in [0.1, 0.15) is 12.4 Å². The maximum absolute atomic E-state index is 11.1. The fourth-order valence-electron chi connectivity index (χ4n) is 1.31. The van der Waals surface area contributed by atoms with Crippen LogP contribution < -0.4 is 4.74 Å². The largest absolute Gasteiger partial charge is 0.484 e. The lowest BCUT2D eigenvalue weighted by atomic mass is 10.3. The summed E-state index contributed by atoms with van der Waals surface area (Å²) >= 11 is 0. The van der Waals surface area contributed by atoms with E-state index in [0.29, 0.717) is 18.8 Å². The van der Waals surface area contributed by atoms with Crippen molar-refractivity contribution in [2.24, 2.45) is 0 Å². The van der Waals surface area contributed by atoms with Gasteiger partial charge in [0, 0.05) is 18.5 Å². The molecule has 0 fully saturated rings. The van der Waals surface area contributed by atoms with Gasteiger partial charge in [-0.25, -0.2) is 0 Å². The smallest absolute Gasteiger partial charge is 0.169 e. The molecular weight excluding hydrogens is 230 g/mol. The monoisotopic (exact) mass is 251 g/mol. The molecular formula is C14H21NO3. The highest BCUT2D eigenvalue weighted by Gasteiger charge is 2.01. The molecule has 0 bridgehead atoms. The van der Waals surface area contributed by atoms with Gasteiger partial charge in [-0.1, -0.05) is 6.92 Å². The second kappa shape index (κ2) is 7.82. The Balaban J connectivity index is 2.35. The summed E-state index contributed by atoms with van der Waals surface area (Å²) in [5.74, 6) is 0.717. The van der Waals surface area contributed by atoms with Crippen molar-refractivity contribution in [1.29, 1.82) is 0 Å². The fraction of sp³-hybridized carbons (Fsp3) is 0.571. The Bertz CT molecular complexity index is 360. The summed E-state index contributed by atoms with van der Waals surface area (Å²) < 4.78 is 10.8. The molecule has 1 heterocycles. The summed E-state index contributed by atoms with van der Waals surface area (Å²) in [7, 11) is 0. The van der Waals surface area contributed by atoms with E-state index in [4.69, 9.17) is 9.47 Å². The predicted molar refractivity (Wildman–Crippen MR) is 69.8 cm³/mol. The molecule has 0 amide bonds. The Kier molecular flexibility index (Phi) is 6.36. The van der Waals surface area contributed by atoms with Gasteiger partial charge in [0.05, 0.1) is 18.9 Å². The lowest BCUT2D eigenvalue weighted by Gasteiger charge is -2.08. The van der Waals surface area contributed by atoms with E-state index < -0.39 is 0 Å². The van der Waals surface area contributed by atoms with Gasteiger partial charge in [0.15, 0.2) is 5.78 Å². The summed E-state index contributed by atoms with van der Waals surface area (Å²) in [6.45, 7) is 6.62. The van der Waals surface area contributed by atoms with Gasteiger partial charge in [-0.2, -0.15) is 0 Å². The lowest BCUT2D eigenvalue weighted by molar-refractivity contribution is -0.120. The third-order valence-corrected chi connectivity index (χ3v) is 2.40. The first-order valence-corrected chi connectivity index (χ1v) is 6.32. The first-order valence-electron chi connectivity index (χ1n) is 6.32. The standard InChI is InChI=1S/C14H21NO3/c1-4-13(16)10-18-14-6-5-12(15-9-14)7-8-17-11(2)3/h5-6,9,11H,4,7-8,10H2,1-3H3. The van der Waals surface area contributed by atoms with E-state index >= 15 is 0 Å². The Morgan fingerprint density at radius 2 is 2.17 bits per heavy atom. The third kappa shape index (κ3) is 5.77. The van der Waals surface area contributed by atoms with E-state index in [-0.39, 0.29) is 18.5 Å². The van der Waals surface area contributed by atoms with Crippen LogP contribution in [-0.2, 0) is 16.0 Å². The summed E-state index contributed by atoms with van der Waals surface area (Å²) in [6, 6.07) is 3.73. The number of Topliss-reactive ketones (excluding diaryl/α,β-unsaturated/α-hetero) is 1. The van der Waals surface area contributed by atoms with Gasteiger partial charge in [-0.3, -0.25) is 9.78 Å². The van der Waals surface area contributed by atoms with Crippen LogP contribution in [0.25, 0.3) is 0 Å². The van der Waals surface area contributed by atoms with Crippen LogP contribution >= 0.6 is 0 Å². The van der Waals surface area contributed by atoms with Gasteiger partial charge in [-0.15, -0.1) is 0 Å². The Morgan fingerprint density at radius 3 is 2.72 bits per heavy atom. The quantitative estimate of drug-likeness (QED) is 0.712. The fourth-order valence-corrected chi connectivity index (χ4v) is 1.31. The van der Waals surface area contributed by atoms with Crippen LogP contribution in [0.2, 0.25) is 0 Å². The average molecular weight is 251 g/mol. The molecule has 0 atom stereocenters. The van der Waals surface area contributed by atoms with E-state index in [0.717, 1.165) is 12.1 Å². The molecule has 0 N–H and O–H groups in total. The molecule has 0 spiro atoms. The number of carbonyl (C=O) groups excluding carboxylic acids is 1. The molecule has 0 saturated carbocycles. The average Bonchev–Trinajstić information content (AvgIpc) is 2.37. The molecule has 0 unspecified atom stereocenters. The number of nitrogens with zero attached hydrogens (tertiary/aromatic N) is 1. The summed E-state index contributed by atoms with van der Waals surface area (Å²) in [5.41, 5.74) is 0.963. The summed E-state index contributed by atoms with van der Waals surface area (Å²) in [6.07, 6.45) is 3.17. The number of rotatable bonds is 8. The SMILES string of the molecule is CCC(=O)COc1ccc(CCOC(C)C)nc1. The number of ether oxygens (including phenoxy) is 2. The van der Waals surface area contributed by atoms with Crippen molar-refractivity contribution in [2.75, 3.05) is 13.2 Å². The molecule has 100 valence electrons. The van der Waals surface area contributed by atoms with Crippen molar-refractivity contribution in [3.05, 3.63) is 24.0 Å². The van der Waals surface area contributed by atoms with Crippen LogP contribution in [0, 0.1) is 0 Å². The molecule has 0 radical (unpaired) electrons. The van der Waals surface area contributed by atoms with Gasteiger partial charge in [0.2, 0.25) is 0 Å². The minimum absolute atomic E-state index is 0.0874. The molecule has 1 rings (SSSR count). The van der Waals surface area contributed by atoms with E-state index in [1.165, 1.54) is 0 Å². The molecule has 4 nitrogen and oxygen atoms in total. The Labute approximate surface area is 108 Å². The minimum Gasteiger partial charge on any atom is -0.484 e. The van der Waals surface area contributed by atoms with Crippen molar-refractivity contribution < 1.29 is 14.3 Å². The molecule has 1 aromatic rings. The van der Waals surface area contributed by atoms with Gasteiger partial charge in [0.25, 0.3) is 0 Å². The first kappa shape index (κ1) is 14.6. The highest BCUT2D eigenvalue weighted by Crippen LogP contribution is 2.10. The van der Waals surface area contributed by atoms with Crippen LogP contribution in [0.4, 0.5) is 0 Å². The van der Waals surface area contributed by atoms with Crippen molar-refractivity contribution >= 4 is 5.78 Å². The maximum atomic E-state index is 11.1. The van der Waals surface area contributed by atoms with Crippen molar-refractivity contribution in [2.45, 2.75) is 39.7 Å². The van der Waals surface area contributed by atoms with Gasteiger partial charge in [-0.05, 0) is 26.0 Å². The third-order valence-electron chi connectivity index (χ3n) is 2.40. The van der Waals surface area contributed by atoms with Crippen LogP contribution in [-0.4, -0.2) is 30.1 Å². The molecule has 0 aliphatic carbocycles. The van der Waals surface area contributed by atoms with E-state index in [1.54, 1.807) is 6.20 Å². The number of pyridine rings is 1. The van der Waals surface area contributed by atoms with Crippen molar-refractivity contribution in [3.63, 3.8) is 0 Å². The van der Waals surface area contributed by atoms with Gasteiger partial charge >= 0.3 is 0 Å². The molecule has 18 heavy (non-hydrogen) atoms. The summed E-state index contributed by atoms with van der Waals surface area (Å²) in [4.78, 5) is 15.4. The van der Waals surface area contributed by atoms with Crippen LogP contribution in [0.3, 0.4) is 0 Å². The van der Waals surface area contributed by atoms with Crippen LogP contribution in [0.1, 0.15) is 32.9 Å². The van der Waals surface area contributed by atoms with E-state index in [9.17, 15) is 4.79 Å². The highest BCUT2D eigenvalue weighted by molar-refractivity contribution is 5.79. The minimum atomic E-state index is 0.0874. The molecule has 0 aliphatic heterocycles. The van der Waals surface area contributed by atoms with Gasteiger partial charge < -0.3 is 9.47 Å². The molecule has 0 aromatic carbocycles. The molecule has 0 aliphatic rings. The Morgan fingerprint density at radius 1 is 1.39 bits per heavy atom. The van der Waals surface area contributed by atoms with E-state index in [1.807, 2.05) is 32.9 Å². The lowest BCUT2D eigenvalue weighted by Crippen LogP contribution is -2.10. The highest BCUT2D eigenvalue weighted by atomic mass is 16.5. The topological polar surface area (TPSA) is 48.4 Å². The molecule has 0 saturated heterocycles. The zero-order valence-corrected chi connectivity index (χ0v) is 11.3. The maximum Gasteiger partial charge on any atom is 0.169 e. The molecule has 4 heteroatoms.